The largest absolute Gasteiger partial charge is 0.464 e. The summed E-state index contributed by atoms with van der Waals surface area (Å²) in [5, 5.41) is 2.23. The van der Waals surface area contributed by atoms with E-state index in [1.165, 1.54) is 22.7 Å². The van der Waals surface area contributed by atoms with E-state index in [2.05, 4.69) is 60.4 Å². The zero-order chi connectivity index (χ0) is 19.5. The van der Waals surface area contributed by atoms with Crippen LogP contribution in [0.15, 0.2) is 70.6 Å². The lowest BCUT2D eigenvalue weighted by Gasteiger charge is -2.17. The van der Waals surface area contributed by atoms with Crippen molar-refractivity contribution in [2.24, 2.45) is 0 Å². The fourth-order valence-corrected chi connectivity index (χ4v) is 5.46. The molecule has 0 aliphatic carbocycles. The number of methoxy groups -OCH3 is 1. The van der Waals surface area contributed by atoms with E-state index in [-0.39, 0.29) is 12.5 Å². The second-order valence-corrected chi connectivity index (χ2v) is 8.37. The van der Waals surface area contributed by atoms with Crippen LogP contribution in [-0.2, 0) is 16.1 Å². The van der Waals surface area contributed by atoms with Crippen LogP contribution in [0, 0.1) is 0 Å². The van der Waals surface area contributed by atoms with Gasteiger partial charge >= 0.3 is 5.97 Å². The van der Waals surface area contributed by atoms with Gasteiger partial charge in [-0.3, -0.25) is 0 Å². The number of hydrogen-bond donors (Lipinski definition) is 0. The van der Waals surface area contributed by atoms with Crippen LogP contribution < -0.4 is 9.47 Å². The number of benzene rings is 2. The van der Waals surface area contributed by atoms with Gasteiger partial charge in [0.2, 0.25) is 12.1 Å². The van der Waals surface area contributed by atoms with Crippen LogP contribution in [0.2, 0.25) is 0 Å². The first-order valence-corrected chi connectivity index (χ1v) is 10.8. The van der Waals surface area contributed by atoms with Crippen LogP contribution in [0.3, 0.4) is 0 Å². The monoisotopic (exact) mass is 409 g/mol. The third kappa shape index (κ3) is 3.57. The molecule has 0 amide bonds. The highest BCUT2D eigenvalue weighted by atomic mass is 32.2. The number of para-hydroxylation sites is 2. The molecule has 1 aliphatic heterocycles. The average molecular weight is 410 g/mol. The van der Waals surface area contributed by atoms with Crippen molar-refractivity contribution in [3.63, 3.8) is 0 Å². The van der Waals surface area contributed by atoms with Gasteiger partial charge in [-0.1, -0.05) is 53.4 Å². The number of anilines is 1. The van der Waals surface area contributed by atoms with Gasteiger partial charge in [0.1, 0.15) is 4.70 Å². The van der Waals surface area contributed by atoms with Gasteiger partial charge in [0.15, 0.2) is 0 Å². The van der Waals surface area contributed by atoms with Gasteiger partial charge in [0, 0.05) is 23.6 Å². The van der Waals surface area contributed by atoms with Crippen molar-refractivity contribution in [2.75, 3.05) is 18.6 Å². The molecule has 0 radical (unpaired) electrons. The quantitative estimate of drug-likeness (QED) is 0.446. The maximum absolute atomic E-state index is 11.9. The summed E-state index contributed by atoms with van der Waals surface area (Å²) >= 11 is 3.46. The zero-order valence-electron chi connectivity index (χ0n) is 15.8. The normalized spacial score (nSPS) is 14.9. The minimum atomic E-state index is -0.250. The molecule has 2 heterocycles. The number of carbonyl (C=O) groups is 1. The summed E-state index contributed by atoms with van der Waals surface area (Å²) in [7, 11) is 1.42. The smallest absolute Gasteiger partial charge is 0.372 e. The summed E-state index contributed by atoms with van der Waals surface area (Å²) in [5.41, 5.74) is 2.31. The first kappa shape index (κ1) is 18.8. The maximum Gasteiger partial charge on any atom is 0.372 e. The van der Waals surface area contributed by atoms with Crippen LogP contribution in [-0.4, -0.2) is 19.6 Å². The van der Waals surface area contributed by atoms with Gasteiger partial charge in [0.05, 0.1) is 17.8 Å². The molecule has 6 heteroatoms. The van der Waals surface area contributed by atoms with E-state index in [1.807, 2.05) is 22.8 Å². The molecule has 1 aliphatic rings. The van der Waals surface area contributed by atoms with Crippen LogP contribution in [0.5, 0.6) is 0 Å². The highest BCUT2D eigenvalue weighted by Gasteiger charge is 2.23. The van der Waals surface area contributed by atoms with E-state index < -0.39 is 0 Å². The molecule has 0 N–H and O–H groups in total. The molecule has 28 heavy (non-hydrogen) atoms. The second kappa shape index (κ2) is 8.20. The number of carbonyl (C=O) groups excluding carboxylic acids is 1. The number of hydrogen-bond acceptors (Lipinski definition) is 5. The van der Waals surface area contributed by atoms with Crippen molar-refractivity contribution in [3.05, 3.63) is 70.7 Å². The summed E-state index contributed by atoms with van der Waals surface area (Å²) < 4.78 is 8.03. The summed E-state index contributed by atoms with van der Waals surface area (Å²) in [5.74, 6) is -0.250. The fourth-order valence-electron chi connectivity index (χ4n) is 3.25. The van der Waals surface area contributed by atoms with Crippen molar-refractivity contribution in [1.29, 1.82) is 0 Å². The minimum Gasteiger partial charge on any atom is -0.464 e. The van der Waals surface area contributed by atoms with Crippen LogP contribution in [0.4, 0.5) is 5.69 Å². The Kier molecular flexibility index (Phi) is 5.50. The molecular formula is C22H21N2O2S2+. The molecule has 0 spiro atoms. The molecule has 4 nitrogen and oxygen atoms in total. The van der Waals surface area contributed by atoms with Gasteiger partial charge in [-0.05, 0) is 31.2 Å². The maximum atomic E-state index is 11.9. The molecule has 0 atom stereocenters. The van der Waals surface area contributed by atoms with Crippen LogP contribution in [0.25, 0.3) is 16.3 Å². The Morgan fingerprint density at radius 2 is 1.96 bits per heavy atom. The van der Waals surface area contributed by atoms with Crippen LogP contribution in [0.1, 0.15) is 11.9 Å². The summed E-state index contributed by atoms with van der Waals surface area (Å²) in [4.78, 5) is 15.5. The Labute approximate surface area is 172 Å². The van der Waals surface area contributed by atoms with E-state index in [9.17, 15) is 4.79 Å². The Hall–Kier alpha value is -2.57. The second-order valence-electron chi connectivity index (χ2n) is 6.25. The van der Waals surface area contributed by atoms with Crippen molar-refractivity contribution in [2.45, 2.75) is 18.4 Å². The fraction of sp³-hybridized carbons (Fsp3) is 0.182. The van der Waals surface area contributed by atoms with Gasteiger partial charge in [-0.15, -0.1) is 0 Å². The standard InChI is InChI=1S/C22H21N2O2S2/c1-3-23-16-9-4-6-11-18(16)27-20(23)13-8-14-21-24(15-22(25)26-2)17-10-5-7-12-19(17)28-21/h4-14H,3,15H2,1-2H3/q+1. The Morgan fingerprint density at radius 1 is 1.18 bits per heavy atom. The molecule has 3 aromatic rings. The topological polar surface area (TPSA) is 33.4 Å². The Balaban J connectivity index is 1.65. The molecular weight excluding hydrogens is 388 g/mol. The first-order chi connectivity index (χ1) is 13.7. The lowest BCUT2D eigenvalue weighted by atomic mass is 10.3. The summed E-state index contributed by atoms with van der Waals surface area (Å²) in [6, 6.07) is 16.6. The van der Waals surface area contributed by atoms with E-state index in [4.69, 9.17) is 4.74 Å². The molecule has 0 bridgehead atoms. The van der Waals surface area contributed by atoms with Crippen molar-refractivity contribution < 1.29 is 14.1 Å². The lowest BCUT2D eigenvalue weighted by Crippen LogP contribution is -2.39. The predicted octanol–water partition coefficient (Wildman–Crippen LogP) is 4.85. The lowest BCUT2D eigenvalue weighted by molar-refractivity contribution is -0.657. The highest BCUT2D eigenvalue weighted by molar-refractivity contribution is 8.03. The molecule has 0 unspecified atom stereocenters. The number of thiazole rings is 1. The third-order valence-electron chi connectivity index (χ3n) is 4.58. The van der Waals surface area contributed by atoms with Gasteiger partial charge in [-0.25, -0.2) is 4.79 Å². The number of rotatable bonds is 5. The number of ether oxygens (including phenoxy) is 1. The number of aromatic nitrogens is 1. The van der Waals surface area contributed by atoms with Gasteiger partial charge < -0.3 is 9.64 Å². The minimum absolute atomic E-state index is 0.206. The average Bonchev–Trinajstić information content (AvgIpc) is 3.25. The third-order valence-corrected chi connectivity index (χ3v) is 6.84. The highest BCUT2D eigenvalue weighted by Crippen LogP contribution is 2.45. The number of allylic oxidation sites excluding steroid dienone is 2. The first-order valence-electron chi connectivity index (χ1n) is 9.12. The van der Waals surface area contributed by atoms with Crippen molar-refractivity contribution in [1.82, 2.24) is 0 Å². The molecule has 2 aromatic carbocycles. The van der Waals surface area contributed by atoms with E-state index in [0.717, 1.165) is 21.8 Å². The number of fused-ring (bicyclic) bond motifs is 2. The number of esters is 1. The molecule has 0 fully saturated rings. The number of thioether (sulfide) groups is 1. The van der Waals surface area contributed by atoms with Crippen LogP contribution >= 0.6 is 23.1 Å². The predicted molar refractivity (Wildman–Crippen MR) is 116 cm³/mol. The molecule has 1 aromatic heterocycles. The van der Waals surface area contributed by atoms with Gasteiger partial charge in [-0.2, -0.15) is 4.57 Å². The van der Waals surface area contributed by atoms with E-state index >= 15 is 0 Å². The summed E-state index contributed by atoms with van der Waals surface area (Å²) in [6.45, 7) is 3.30. The van der Waals surface area contributed by atoms with E-state index in [0.29, 0.717) is 0 Å². The Bertz CT molecular complexity index is 1090. The van der Waals surface area contributed by atoms with Crippen molar-refractivity contribution >= 4 is 51.0 Å². The SMILES string of the molecule is CCN1/C(=C\C=C\c2sc3ccccc3[n+]2CC(=O)OC)Sc2ccccc21. The molecule has 0 saturated carbocycles. The zero-order valence-corrected chi connectivity index (χ0v) is 17.4. The number of nitrogens with zero attached hydrogens (tertiary/aromatic N) is 2. The molecule has 0 saturated heterocycles. The summed E-state index contributed by atoms with van der Waals surface area (Å²) in [6.07, 6.45) is 6.27. The van der Waals surface area contributed by atoms with Crippen molar-refractivity contribution in [3.8, 4) is 0 Å². The van der Waals surface area contributed by atoms with E-state index in [1.54, 1.807) is 23.1 Å². The Morgan fingerprint density at radius 3 is 2.79 bits per heavy atom. The molecule has 4 rings (SSSR count). The van der Waals surface area contributed by atoms with Gasteiger partial charge in [0.25, 0.3) is 5.01 Å². The molecule has 142 valence electrons.